The number of carbonyl (C=O) groups excluding carboxylic acids is 1. The van der Waals surface area contributed by atoms with Crippen molar-refractivity contribution < 1.29 is 18.0 Å². The van der Waals surface area contributed by atoms with Gasteiger partial charge < -0.3 is 10.6 Å². The van der Waals surface area contributed by atoms with Crippen molar-refractivity contribution in [2.24, 2.45) is 0 Å². The van der Waals surface area contributed by atoms with Gasteiger partial charge in [-0.2, -0.15) is 13.2 Å². The van der Waals surface area contributed by atoms with Crippen molar-refractivity contribution in [2.45, 2.75) is 19.5 Å². The zero-order valence-corrected chi connectivity index (χ0v) is 11.2. The lowest BCUT2D eigenvalue weighted by Gasteiger charge is -2.12. The summed E-state index contributed by atoms with van der Waals surface area (Å²) in [6, 6.07) is 4.28. The number of aryl methyl sites for hydroxylation is 1. The highest BCUT2D eigenvalue weighted by atomic mass is 79.9. The summed E-state index contributed by atoms with van der Waals surface area (Å²) in [5.41, 5.74) is 1.34. The van der Waals surface area contributed by atoms with Gasteiger partial charge in [0.05, 0.1) is 0 Å². The Labute approximate surface area is 111 Å². The topological polar surface area (TPSA) is 41.1 Å². The van der Waals surface area contributed by atoms with Gasteiger partial charge in [0.2, 0.25) is 0 Å². The summed E-state index contributed by atoms with van der Waals surface area (Å²) >= 11 is 3.28. The molecule has 3 nitrogen and oxygen atoms in total. The standard InChI is InChI=1S/C11H12BrF3N2O/c1-2-7-5-8(12)3-4-9(7)17-10(18)16-6-11(13,14)15/h3-5H,2,6H2,1H3,(H2,16,17,18). The molecule has 18 heavy (non-hydrogen) atoms. The van der Waals surface area contributed by atoms with E-state index < -0.39 is 18.8 Å². The molecule has 7 heteroatoms. The Kier molecular flexibility index (Phi) is 5.01. The van der Waals surface area contributed by atoms with Crippen molar-refractivity contribution in [1.29, 1.82) is 0 Å². The fraction of sp³-hybridized carbons (Fsp3) is 0.364. The van der Waals surface area contributed by atoms with Gasteiger partial charge in [-0.05, 0) is 30.2 Å². The molecular weight excluding hydrogens is 313 g/mol. The predicted molar refractivity (Wildman–Crippen MR) is 66.6 cm³/mol. The number of anilines is 1. The normalized spacial score (nSPS) is 11.2. The van der Waals surface area contributed by atoms with Crippen molar-refractivity contribution in [2.75, 3.05) is 11.9 Å². The van der Waals surface area contributed by atoms with Crippen molar-refractivity contribution in [1.82, 2.24) is 5.32 Å². The maximum atomic E-state index is 11.9. The molecule has 0 radical (unpaired) electrons. The highest BCUT2D eigenvalue weighted by Gasteiger charge is 2.27. The summed E-state index contributed by atoms with van der Waals surface area (Å²) in [4.78, 5) is 11.3. The number of carbonyl (C=O) groups is 1. The minimum atomic E-state index is -4.41. The summed E-state index contributed by atoms with van der Waals surface area (Å²) in [5.74, 6) is 0. The molecule has 1 aromatic rings. The van der Waals surface area contributed by atoms with Gasteiger partial charge in [-0.1, -0.05) is 22.9 Å². The maximum absolute atomic E-state index is 11.9. The Hall–Kier alpha value is -1.24. The van der Waals surface area contributed by atoms with E-state index >= 15 is 0 Å². The minimum absolute atomic E-state index is 0.500. The fourth-order valence-electron chi connectivity index (χ4n) is 1.32. The number of hydrogen-bond acceptors (Lipinski definition) is 1. The largest absolute Gasteiger partial charge is 0.405 e. The van der Waals surface area contributed by atoms with Crippen molar-refractivity contribution in [3.63, 3.8) is 0 Å². The lowest BCUT2D eigenvalue weighted by Crippen LogP contribution is -2.36. The van der Waals surface area contributed by atoms with Gasteiger partial charge in [0.15, 0.2) is 0 Å². The first kappa shape index (κ1) is 14.8. The van der Waals surface area contributed by atoms with Crippen LogP contribution in [0.4, 0.5) is 23.7 Å². The van der Waals surface area contributed by atoms with Crippen LogP contribution in [0.5, 0.6) is 0 Å². The molecule has 0 aliphatic carbocycles. The first-order chi connectivity index (χ1) is 8.31. The molecular formula is C11H12BrF3N2O. The lowest BCUT2D eigenvalue weighted by molar-refractivity contribution is -0.122. The van der Waals surface area contributed by atoms with E-state index in [0.717, 1.165) is 10.0 Å². The molecule has 1 rings (SSSR count). The van der Waals surface area contributed by atoms with Gasteiger partial charge in [-0.15, -0.1) is 0 Å². The lowest BCUT2D eigenvalue weighted by atomic mass is 10.1. The van der Waals surface area contributed by atoms with Crippen LogP contribution < -0.4 is 10.6 Å². The SMILES string of the molecule is CCc1cc(Br)ccc1NC(=O)NCC(F)(F)F. The Morgan fingerprint density at radius 2 is 2.06 bits per heavy atom. The fourth-order valence-corrected chi connectivity index (χ4v) is 1.73. The third-order valence-electron chi connectivity index (χ3n) is 2.15. The summed E-state index contributed by atoms with van der Waals surface area (Å²) in [7, 11) is 0. The van der Waals surface area contributed by atoms with Crippen molar-refractivity contribution >= 4 is 27.6 Å². The van der Waals surface area contributed by atoms with Gasteiger partial charge in [0.1, 0.15) is 6.54 Å². The second-order valence-corrected chi connectivity index (χ2v) is 4.49. The zero-order valence-electron chi connectivity index (χ0n) is 9.57. The monoisotopic (exact) mass is 324 g/mol. The molecule has 0 atom stereocenters. The van der Waals surface area contributed by atoms with Crippen LogP contribution in [-0.2, 0) is 6.42 Å². The first-order valence-electron chi connectivity index (χ1n) is 5.22. The van der Waals surface area contributed by atoms with Gasteiger partial charge >= 0.3 is 12.2 Å². The number of urea groups is 1. The quantitative estimate of drug-likeness (QED) is 0.874. The molecule has 0 saturated carbocycles. The van der Waals surface area contributed by atoms with Crippen LogP contribution >= 0.6 is 15.9 Å². The number of halogens is 4. The van der Waals surface area contributed by atoms with Gasteiger partial charge in [0.25, 0.3) is 0 Å². The number of alkyl halides is 3. The van der Waals surface area contributed by atoms with Crippen molar-refractivity contribution in [3.8, 4) is 0 Å². The van der Waals surface area contributed by atoms with E-state index in [1.165, 1.54) is 0 Å². The Morgan fingerprint density at radius 3 is 2.61 bits per heavy atom. The summed E-state index contributed by atoms with van der Waals surface area (Å²) in [5, 5.41) is 4.14. The number of rotatable bonds is 3. The second kappa shape index (κ2) is 6.08. The predicted octanol–water partition coefficient (Wildman–Crippen LogP) is 3.70. The Balaban J connectivity index is 2.64. The summed E-state index contributed by atoms with van der Waals surface area (Å²) < 4.78 is 36.6. The van der Waals surface area contributed by atoms with Crippen LogP contribution in [0.2, 0.25) is 0 Å². The molecule has 0 aromatic heterocycles. The van der Waals surface area contributed by atoms with E-state index in [2.05, 4.69) is 21.2 Å². The maximum Gasteiger partial charge on any atom is 0.405 e. The molecule has 0 heterocycles. The van der Waals surface area contributed by atoms with E-state index in [9.17, 15) is 18.0 Å². The molecule has 2 amide bonds. The van der Waals surface area contributed by atoms with Crippen LogP contribution in [0.25, 0.3) is 0 Å². The Bertz CT molecular complexity index is 435. The van der Waals surface area contributed by atoms with Crippen LogP contribution in [0.15, 0.2) is 22.7 Å². The average Bonchev–Trinajstić information content (AvgIpc) is 2.28. The van der Waals surface area contributed by atoms with Crippen LogP contribution in [0.3, 0.4) is 0 Å². The molecule has 0 saturated heterocycles. The molecule has 2 N–H and O–H groups in total. The van der Waals surface area contributed by atoms with E-state index in [4.69, 9.17) is 0 Å². The van der Waals surface area contributed by atoms with E-state index in [1.807, 2.05) is 6.92 Å². The molecule has 0 aliphatic heterocycles. The number of hydrogen-bond donors (Lipinski definition) is 2. The Morgan fingerprint density at radius 1 is 1.39 bits per heavy atom. The minimum Gasteiger partial charge on any atom is -0.329 e. The average molecular weight is 325 g/mol. The number of nitrogens with one attached hydrogen (secondary N) is 2. The molecule has 1 aromatic carbocycles. The highest BCUT2D eigenvalue weighted by molar-refractivity contribution is 9.10. The van der Waals surface area contributed by atoms with E-state index in [1.54, 1.807) is 23.5 Å². The molecule has 0 unspecified atom stereocenters. The van der Waals surface area contributed by atoms with Gasteiger partial charge in [-0.3, -0.25) is 0 Å². The van der Waals surface area contributed by atoms with Gasteiger partial charge in [-0.25, -0.2) is 4.79 Å². The molecule has 0 aliphatic rings. The molecule has 100 valence electrons. The van der Waals surface area contributed by atoms with Gasteiger partial charge in [0, 0.05) is 10.2 Å². The van der Waals surface area contributed by atoms with E-state index in [0.29, 0.717) is 12.1 Å². The second-order valence-electron chi connectivity index (χ2n) is 3.58. The summed E-state index contributed by atoms with van der Waals surface area (Å²) in [6.45, 7) is 0.539. The van der Waals surface area contributed by atoms with Crippen molar-refractivity contribution in [3.05, 3.63) is 28.2 Å². The first-order valence-corrected chi connectivity index (χ1v) is 6.01. The van der Waals surface area contributed by atoms with Crippen LogP contribution in [0.1, 0.15) is 12.5 Å². The zero-order chi connectivity index (χ0) is 13.8. The number of amides is 2. The van der Waals surface area contributed by atoms with Crippen LogP contribution in [-0.4, -0.2) is 18.8 Å². The smallest absolute Gasteiger partial charge is 0.329 e. The molecule has 0 fully saturated rings. The van der Waals surface area contributed by atoms with E-state index in [-0.39, 0.29) is 0 Å². The molecule has 0 spiro atoms. The summed E-state index contributed by atoms with van der Waals surface area (Å²) in [6.07, 6.45) is -3.75. The third kappa shape index (κ3) is 4.95. The van der Waals surface area contributed by atoms with Crippen LogP contribution in [0, 0.1) is 0 Å². The highest BCUT2D eigenvalue weighted by Crippen LogP contribution is 2.21. The number of benzene rings is 1. The third-order valence-corrected chi connectivity index (χ3v) is 2.64. The molecule has 0 bridgehead atoms.